The van der Waals surface area contributed by atoms with Crippen LogP contribution in [-0.4, -0.2) is 28.3 Å². The molecule has 1 rings (SSSR count). The molecule has 4 nitrogen and oxygen atoms in total. The molecule has 0 unspecified atom stereocenters. The van der Waals surface area contributed by atoms with E-state index in [2.05, 4.69) is 21.2 Å². The normalized spacial score (nSPS) is 11.2. The zero-order chi connectivity index (χ0) is 15.2. The molecule has 0 fully saturated rings. The highest BCUT2D eigenvalue weighted by molar-refractivity contribution is 9.10. The molecule has 0 aliphatic carbocycles. The zero-order valence-electron chi connectivity index (χ0n) is 11.5. The van der Waals surface area contributed by atoms with Gasteiger partial charge < -0.3 is 10.4 Å². The average Bonchev–Trinajstić information content (AvgIpc) is 2.35. The SMILES string of the molecule is CC(C)(CCC(=O)O)NC(=O)CSc1ccc(Br)cc1. The summed E-state index contributed by atoms with van der Waals surface area (Å²) in [6.45, 7) is 3.66. The van der Waals surface area contributed by atoms with E-state index in [4.69, 9.17) is 5.11 Å². The van der Waals surface area contributed by atoms with Crippen LogP contribution in [0.15, 0.2) is 33.6 Å². The lowest BCUT2D eigenvalue weighted by Crippen LogP contribution is -2.44. The van der Waals surface area contributed by atoms with E-state index in [9.17, 15) is 9.59 Å². The smallest absolute Gasteiger partial charge is 0.303 e. The second kappa shape index (κ2) is 7.69. The van der Waals surface area contributed by atoms with E-state index in [1.54, 1.807) is 0 Å². The third-order valence-electron chi connectivity index (χ3n) is 2.63. The number of amides is 1. The van der Waals surface area contributed by atoms with Crippen LogP contribution < -0.4 is 5.32 Å². The van der Waals surface area contributed by atoms with Gasteiger partial charge in [-0.2, -0.15) is 0 Å². The van der Waals surface area contributed by atoms with E-state index in [0.29, 0.717) is 12.2 Å². The Hall–Kier alpha value is -1.01. The lowest BCUT2D eigenvalue weighted by molar-refractivity contribution is -0.137. The Morgan fingerprint density at radius 1 is 1.30 bits per heavy atom. The summed E-state index contributed by atoms with van der Waals surface area (Å²) in [6, 6.07) is 7.74. The number of hydrogen-bond donors (Lipinski definition) is 2. The number of carbonyl (C=O) groups excluding carboxylic acids is 1. The first-order chi connectivity index (χ1) is 9.28. The molecular formula is C14H18BrNO3S. The van der Waals surface area contributed by atoms with Gasteiger partial charge in [0.25, 0.3) is 0 Å². The van der Waals surface area contributed by atoms with Crippen LogP contribution in [0.5, 0.6) is 0 Å². The fourth-order valence-electron chi connectivity index (χ4n) is 1.58. The number of carboxylic acid groups (broad SMARTS) is 1. The fraction of sp³-hybridized carbons (Fsp3) is 0.429. The van der Waals surface area contributed by atoms with Gasteiger partial charge in [0.1, 0.15) is 0 Å². The second-order valence-corrected chi connectivity index (χ2v) is 7.03. The lowest BCUT2D eigenvalue weighted by atomic mass is 9.98. The van der Waals surface area contributed by atoms with Gasteiger partial charge in [0.15, 0.2) is 0 Å². The highest BCUT2D eigenvalue weighted by Gasteiger charge is 2.21. The van der Waals surface area contributed by atoms with E-state index in [0.717, 1.165) is 9.37 Å². The van der Waals surface area contributed by atoms with Gasteiger partial charge in [-0.3, -0.25) is 9.59 Å². The van der Waals surface area contributed by atoms with Crippen molar-refractivity contribution in [3.8, 4) is 0 Å². The standard InChI is InChI=1S/C14H18BrNO3S/c1-14(2,8-7-13(18)19)16-12(17)9-20-11-5-3-10(15)4-6-11/h3-6H,7-9H2,1-2H3,(H,16,17)(H,18,19). The van der Waals surface area contributed by atoms with Crippen molar-refractivity contribution in [2.45, 2.75) is 37.1 Å². The number of aliphatic carboxylic acids is 1. The van der Waals surface area contributed by atoms with Crippen LogP contribution in [0.25, 0.3) is 0 Å². The summed E-state index contributed by atoms with van der Waals surface area (Å²) < 4.78 is 1.00. The molecule has 0 bridgehead atoms. The number of halogens is 1. The van der Waals surface area contributed by atoms with Gasteiger partial charge in [0.05, 0.1) is 5.75 Å². The van der Waals surface area contributed by atoms with Crippen LogP contribution in [0.3, 0.4) is 0 Å². The maximum atomic E-state index is 11.9. The first-order valence-electron chi connectivity index (χ1n) is 6.20. The maximum Gasteiger partial charge on any atom is 0.303 e. The largest absolute Gasteiger partial charge is 0.481 e. The zero-order valence-corrected chi connectivity index (χ0v) is 13.9. The Balaban J connectivity index is 2.39. The van der Waals surface area contributed by atoms with Crippen molar-refractivity contribution in [2.24, 2.45) is 0 Å². The summed E-state index contributed by atoms with van der Waals surface area (Å²) in [6.07, 6.45) is 0.462. The average molecular weight is 360 g/mol. The van der Waals surface area contributed by atoms with Gasteiger partial charge in [0.2, 0.25) is 5.91 Å². The predicted octanol–water partition coefficient (Wildman–Crippen LogP) is 3.30. The summed E-state index contributed by atoms with van der Waals surface area (Å²) in [5.74, 6) is -0.622. The van der Waals surface area contributed by atoms with Gasteiger partial charge in [-0.15, -0.1) is 11.8 Å². The predicted molar refractivity (Wildman–Crippen MR) is 84.0 cm³/mol. The molecule has 0 saturated carbocycles. The van der Waals surface area contributed by atoms with Crippen molar-refractivity contribution in [3.63, 3.8) is 0 Å². The van der Waals surface area contributed by atoms with Crippen LogP contribution in [0, 0.1) is 0 Å². The van der Waals surface area contributed by atoms with Gasteiger partial charge in [-0.05, 0) is 44.5 Å². The van der Waals surface area contributed by atoms with E-state index in [1.165, 1.54) is 11.8 Å². The number of carboxylic acids is 1. The van der Waals surface area contributed by atoms with Crippen LogP contribution in [0.4, 0.5) is 0 Å². The van der Waals surface area contributed by atoms with Gasteiger partial charge in [-0.1, -0.05) is 15.9 Å². The Morgan fingerprint density at radius 3 is 2.45 bits per heavy atom. The highest BCUT2D eigenvalue weighted by atomic mass is 79.9. The number of carbonyl (C=O) groups is 2. The van der Waals surface area contributed by atoms with E-state index in [-0.39, 0.29) is 12.3 Å². The first-order valence-corrected chi connectivity index (χ1v) is 7.97. The topological polar surface area (TPSA) is 66.4 Å². The molecule has 2 N–H and O–H groups in total. The van der Waals surface area contributed by atoms with Crippen molar-refractivity contribution in [1.29, 1.82) is 0 Å². The third-order valence-corrected chi connectivity index (χ3v) is 4.17. The van der Waals surface area contributed by atoms with E-state index in [1.807, 2.05) is 38.1 Å². The second-order valence-electron chi connectivity index (χ2n) is 5.07. The Morgan fingerprint density at radius 2 is 1.90 bits per heavy atom. The molecule has 1 aromatic carbocycles. The van der Waals surface area contributed by atoms with Crippen LogP contribution in [0.1, 0.15) is 26.7 Å². The van der Waals surface area contributed by atoms with Crippen molar-refractivity contribution in [3.05, 3.63) is 28.7 Å². The number of hydrogen-bond acceptors (Lipinski definition) is 3. The summed E-state index contributed by atoms with van der Waals surface area (Å²) >= 11 is 4.81. The van der Waals surface area contributed by atoms with Crippen molar-refractivity contribution in [1.82, 2.24) is 5.32 Å². The minimum Gasteiger partial charge on any atom is -0.481 e. The van der Waals surface area contributed by atoms with E-state index >= 15 is 0 Å². The summed E-state index contributed by atoms with van der Waals surface area (Å²) in [5, 5.41) is 11.5. The molecule has 0 heterocycles. The molecule has 0 spiro atoms. The lowest BCUT2D eigenvalue weighted by Gasteiger charge is -2.25. The van der Waals surface area contributed by atoms with Crippen molar-refractivity contribution in [2.75, 3.05) is 5.75 Å². The maximum absolute atomic E-state index is 11.9. The van der Waals surface area contributed by atoms with Gasteiger partial charge in [-0.25, -0.2) is 0 Å². The van der Waals surface area contributed by atoms with Crippen molar-refractivity contribution < 1.29 is 14.7 Å². The number of rotatable bonds is 7. The molecule has 0 aromatic heterocycles. The first kappa shape index (κ1) is 17.0. The van der Waals surface area contributed by atoms with Crippen LogP contribution in [-0.2, 0) is 9.59 Å². The monoisotopic (exact) mass is 359 g/mol. The molecule has 6 heteroatoms. The fourth-order valence-corrected chi connectivity index (χ4v) is 2.54. The minimum atomic E-state index is -0.850. The van der Waals surface area contributed by atoms with Crippen molar-refractivity contribution >= 4 is 39.6 Å². The molecule has 0 atom stereocenters. The summed E-state index contributed by atoms with van der Waals surface area (Å²) in [4.78, 5) is 23.4. The van der Waals surface area contributed by atoms with Gasteiger partial charge >= 0.3 is 5.97 Å². The van der Waals surface area contributed by atoms with Crippen LogP contribution >= 0.6 is 27.7 Å². The Kier molecular flexibility index (Phi) is 6.55. The third kappa shape index (κ3) is 6.96. The molecule has 110 valence electrons. The minimum absolute atomic E-state index is 0.0487. The molecular weight excluding hydrogens is 342 g/mol. The van der Waals surface area contributed by atoms with Gasteiger partial charge in [0, 0.05) is 21.3 Å². The molecule has 0 saturated heterocycles. The Labute approximate surface area is 131 Å². The molecule has 20 heavy (non-hydrogen) atoms. The Bertz CT molecular complexity index is 474. The molecule has 1 amide bonds. The summed E-state index contributed by atoms with van der Waals surface area (Å²) in [5.41, 5.74) is -0.504. The molecule has 0 aliphatic rings. The highest BCUT2D eigenvalue weighted by Crippen LogP contribution is 2.21. The molecule has 0 aliphatic heterocycles. The van der Waals surface area contributed by atoms with E-state index < -0.39 is 11.5 Å². The number of thioether (sulfide) groups is 1. The summed E-state index contributed by atoms with van der Waals surface area (Å²) in [7, 11) is 0. The molecule has 0 radical (unpaired) electrons. The molecule has 1 aromatic rings. The van der Waals surface area contributed by atoms with Crippen LogP contribution in [0.2, 0.25) is 0 Å². The number of nitrogens with one attached hydrogen (secondary N) is 1. The number of benzene rings is 1. The quantitative estimate of drug-likeness (QED) is 0.733.